The van der Waals surface area contributed by atoms with Gasteiger partial charge in [-0.25, -0.2) is 9.29 Å². The zero-order valence-corrected chi connectivity index (χ0v) is 27.7. The first-order chi connectivity index (χ1) is 23.9. The average Bonchev–Trinajstić information content (AvgIpc) is 3.83. The Morgan fingerprint density at radius 3 is 2.42 bits per heavy atom. The van der Waals surface area contributed by atoms with Crippen molar-refractivity contribution in [1.82, 2.24) is 4.98 Å². The van der Waals surface area contributed by atoms with Gasteiger partial charge in [0.15, 0.2) is 18.1 Å². The van der Waals surface area contributed by atoms with Crippen molar-refractivity contribution in [3.63, 3.8) is 0 Å². The predicted molar refractivity (Wildman–Crippen MR) is 176 cm³/mol. The average molecular weight is 726 g/mol. The Balaban J connectivity index is 1.10. The maximum atomic E-state index is 14.0. The van der Waals surface area contributed by atoms with E-state index in [0.29, 0.717) is 22.9 Å². The monoisotopic (exact) mass is 725 g/mol. The number of carbonyl (C=O) groups excluding carboxylic acids is 3. The number of fused-ring (bicyclic) bond motifs is 9. The van der Waals surface area contributed by atoms with Gasteiger partial charge >= 0.3 is 11.0 Å². The van der Waals surface area contributed by atoms with Gasteiger partial charge in [-0.05, 0) is 78.3 Å². The summed E-state index contributed by atoms with van der Waals surface area (Å²) in [5.41, 5.74) is -0.333. The number of thiazole rings is 1. The number of thioether (sulfide) groups is 1. The Morgan fingerprint density at radius 1 is 0.980 bits per heavy atom. The maximum Gasteiger partial charge on any atom is 0.418 e. The van der Waals surface area contributed by atoms with Crippen LogP contribution in [-0.4, -0.2) is 41.7 Å². The summed E-state index contributed by atoms with van der Waals surface area (Å²) in [5.74, 6) is -4.33. The lowest BCUT2D eigenvalue weighted by molar-refractivity contribution is -0.137. The number of hydrogen-bond acceptors (Lipinski definition) is 8. The van der Waals surface area contributed by atoms with Gasteiger partial charge in [-0.15, -0.1) is 11.8 Å². The topological polar surface area (TPSA) is 118 Å². The van der Waals surface area contributed by atoms with Crippen molar-refractivity contribution in [3.05, 3.63) is 98.2 Å². The lowest BCUT2D eigenvalue weighted by Crippen LogP contribution is -2.42. The standard InChI is InChI=1S/C35H27F4N3O6S2/c1-47-23-12-15(6-11-22(23)48-14-24(43)40-17-9-7-16(36)8-10-17)25-26-18-13-19(29(26)49-31-30(25)50-34(46)41-31)28-27(18)32(44)42(33(28)45)21-5-3-2-4-20(21)35(37,38)39/h2-12,18-19,25-29H,13-14H2,1H3,(H,40,43)(H,41,46)/t18-,19-,25+,26-,27+,28+,29-/m1/s1. The van der Waals surface area contributed by atoms with Crippen molar-refractivity contribution >= 4 is 52.2 Å². The smallest absolute Gasteiger partial charge is 0.418 e. The summed E-state index contributed by atoms with van der Waals surface area (Å²) >= 11 is 2.53. The number of hydrogen-bond donors (Lipinski definition) is 2. The molecule has 2 N–H and O–H groups in total. The first-order valence-corrected chi connectivity index (χ1v) is 17.4. The van der Waals surface area contributed by atoms with Gasteiger partial charge in [0.25, 0.3) is 5.91 Å². The van der Waals surface area contributed by atoms with Gasteiger partial charge in [-0.2, -0.15) is 13.2 Å². The number of aromatic amines is 1. The molecule has 1 aromatic heterocycles. The summed E-state index contributed by atoms with van der Waals surface area (Å²) in [6, 6.07) is 15.2. The van der Waals surface area contributed by atoms with Crippen LogP contribution in [-0.2, 0) is 20.6 Å². The van der Waals surface area contributed by atoms with Crippen molar-refractivity contribution in [2.75, 3.05) is 23.9 Å². The molecular weight excluding hydrogens is 699 g/mol. The molecule has 8 rings (SSSR count). The van der Waals surface area contributed by atoms with E-state index < -0.39 is 52.8 Å². The molecule has 4 aliphatic rings. The number of H-pyrrole nitrogens is 1. The zero-order chi connectivity index (χ0) is 35.1. The number of ether oxygens (including phenoxy) is 2. The summed E-state index contributed by atoms with van der Waals surface area (Å²) in [7, 11) is 1.45. The molecule has 3 amide bonds. The highest BCUT2D eigenvalue weighted by Gasteiger charge is 2.70. The lowest BCUT2D eigenvalue weighted by atomic mass is 9.68. The van der Waals surface area contributed by atoms with Gasteiger partial charge < -0.3 is 19.8 Å². The molecule has 2 aliphatic heterocycles. The Kier molecular flexibility index (Phi) is 7.82. The van der Waals surface area contributed by atoms with Crippen molar-refractivity contribution in [3.8, 4) is 11.5 Å². The number of para-hydroxylation sites is 1. The van der Waals surface area contributed by atoms with Gasteiger partial charge in [-0.1, -0.05) is 29.5 Å². The molecule has 7 atom stereocenters. The van der Waals surface area contributed by atoms with Crippen LogP contribution < -0.4 is 24.6 Å². The molecule has 9 nitrogen and oxygen atoms in total. The molecule has 2 bridgehead atoms. The number of nitrogens with one attached hydrogen (secondary N) is 2. The fraction of sp³-hybridized carbons (Fsp3) is 0.314. The zero-order valence-electron chi connectivity index (χ0n) is 26.0. The predicted octanol–water partition coefficient (Wildman–Crippen LogP) is 6.30. The van der Waals surface area contributed by atoms with E-state index in [-0.39, 0.29) is 46.2 Å². The third-order valence-electron chi connectivity index (χ3n) is 10.2. The molecular formula is C35H27F4N3O6S2. The number of alkyl halides is 3. The highest BCUT2D eigenvalue weighted by molar-refractivity contribution is 8.00. The van der Waals surface area contributed by atoms with E-state index >= 15 is 0 Å². The van der Waals surface area contributed by atoms with Gasteiger partial charge in [0, 0.05) is 21.7 Å². The van der Waals surface area contributed by atoms with Crippen LogP contribution in [0.4, 0.5) is 28.9 Å². The molecule has 3 aromatic carbocycles. The van der Waals surface area contributed by atoms with Crippen LogP contribution in [0.25, 0.3) is 0 Å². The molecule has 0 radical (unpaired) electrons. The number of imide groups is 1. The van der Waals surface area contributed by atoms with E-state index in [2.05, 4.69) is 10.3 Å². The molecule has 3 heterocycles. The maximum absolute atomic E-state index is 14.0. The van der Waals surface area contributed by atoms with E-state index in [4.69, 9.17) is 9.47 Å². The first-order valence-electron chi connectivity index (χ1n) is 15.7. The van der Waals surface area contributed by atoms with Crippen LogP contribution in [0.1, 0.15) is 28.3 Å². The summed E-state index contributed by atoms with van der Waals surface area (Å²) < 4.78 is 66.6. The second-order valence-electron chi connectivity index (χ2n) is 12.7. The summed E-state index contributed by atoms with van der Waals surface area (Å²) in [5, 5.41) is 3.11. The summed E-state index contributed by atoms with van der Waals surface area (Å²) in [6.07, 6.45) is -4.20. The van der Waals surface area contributed by atoms with Crippen LogP contribution in [0.5, 0.6) is 11.5 Å². The third-order valence-corrected chi connectivity index (χ3v) is 12.8. The van der Waals surface area contributed by atoms with Gasteiger partial charge in [0.2, 0.25) is 11.8 Å². The minimum atomic E-state index is -4.76. The Labute approximate surface area is 290 Å². The van der Waals surface area contributed by atoms with E-state index in [1.165, 1.54) is 55.3 Å². The minimum Gasteiger partial charge on any atom is -0.493 e. The molecule has 2 saturated carbocycles. The fourth-order valence-electron chi connectivity index (χ4n) is 8.41. The van der Waals surface area contributed by atoms with E-state index in [1.54, 1.807) is 18.2 Å². The molecule has 0 unspecified atom stereocenters. The number of carbonyl (C=O) groups is 3. The van der Waals surface area contributed by atoms with E-state index in [0.717, 1.165) is 38.8 Å². The Bertz CT molecular complexity index is 2100. The van der Waals surface area contributed by atoms with E-state index in [9.17, 15) is 36.7 Å². The van der Waals surface area contributed by atoms with Gasteiger partial charge in [-0.3, -0.25) is 19.2 Å². The molecule has 1 saturated heterocycles. The van der Waals surface area contributed by atoms with Crippen molar-refractivity contribution in [2.24, 2.45) is 29.6 Å². The Hall–Kier alpha value is -4.63. The highest BCUT2D eigenvalue weighted by Crippen LogP contribution is 2.69. The second-order valence-corrected chi connectivity index (χ2v) is 14.9. The lowest BCUT2D eigenvalue weighted by Gasteiger charge is -2.43. The van der Waals surface area contributed by atoms with Crippen LogP contribution in [0.15, 0.2) is 76.6 Å². The molecule has 3 fully saturated rings. The number of amides is 3. The highest BCUT2D eigenvalue weighted by atomic mass is 32.2. The summed E-state index contributed by atoms with van der Waals surface area (Å²) in [6.45, 7) is -0.363. The van der Waals surface area contributed by atoms with E-state index in [1.807, 2.05) is 0 Å². The van der Waals surface area contributed by atoms with Crippen molar-refractivity contribution in [1.29, 1.82) is 0 Å². The van der Waals surface area contributed by atoms with Crippen molar-refractivity contribution < 1.29 is 41.4 Å². The normalized spacial score (nSPS) is 26.4. The third kappa shape index (κ3) is 5.20. The number of methoxy groups -OCH3 is 1. The van der Waals surface area contributed by atoms with Gasteiger partial charge in [0.05, 0.1) is 35.2 Å². The van der Waals surface area contributed by atoms with Crippen LogP contribution in [0.3, 0.4) is 0 Å². The number of aromatic nitrogens is 1. The second kappa shape index (κ2) is 12.0. The molecule has 4 aromatic rings. The fourth-order valence-corrected chi connectivity index (χ4v) is 11.3. The number of benzene rings is 3. The van der Waals surface area contributed by atoms with Gasteiger partial charge in [0.1, 0.15) is 5.82 Å². The summed E-state index contributed by atoms with van der Waals surface area (Å²) in [4.78, 5) is 57.3. The minimum absolute atomic E-state index is 0.185. The number of rotatable bonds is 7. The molecule has 0 spiro atoms. The number of nitrogens with zero attached hydrogens (tertiary/aromatic N) is 1. The van der Waals surface area contributed by atoms with Crippen LogP contribution in [0.2, 0.25) is 0 Å². The van der Waals surface area contributed by atoms with Crippen LogP contribution in [0, 0.1) is 35.4 Å². The Morgan fingerprint density at radius 2 is 1.70 bits per heavy atom. The number of halogens is 4. The molecule has 15 heteroatoms. The quantitative estimate of drug-likeness (QED) is 0.170. The van der Waals surface area contributed by atoms with Crippen LogP contribution >= 0.6 is 23.1 Å². The largest absolute Gasteiger partial charge is 0.493 e. The molecule has 258 valence electrons. The van der Waals surface area contributed by atoms with Crippen molar-refractivity contribution in [2.45, 2.75) is 28.8 Å². The molecule has 2 aliphatic carbocycles. The number of anilines is 2. The first kappa shape index (κ1) is 32.6. The molecule has 50 heavy (non-hydrogen) atoms. The SMILES string of the molecule is COc1cc([C@@H]2c3sc(=O)[nH]c3S[C@@H]3[C@@H]4C[C@@H]([C@@H]5C(=O)N(c6ccccc6C(F)(F)F)C(=O)[C@@H]45)[C@H]23)ccc1OCC(=O)Nc1ccc(F)cc1.